The van der Waals surface area contributed by atoms with Gasteiger partial charge < -0.3 is 10.2 Å². The minimum atomic E-state index is 0.581. The lowest BCUT2D eigenvalue weighted by Crippen LogP contribution is -2.55. The van der Waals surface area contributed by atoms with Crippen LogP contribution in [0.2, 0.25) is 0 Å². The maximum absolute atomic E-state index is 4.95. The van der Waals surface area contributed by atoms with Crippen molar-refractivity contribution in [2.45, 2.75) is 44.2 Å². The van der Waals surface area contributed by atoms with Crippen LogP contribution < -0.4 is 10.2 Å². The standard InChI is InChI=1S/C14H19N3/c1-9-7-15-8-12-6-11-4-5-13(10-2-3-10)16-14(11)17(9)12/h4-5,9-10,12,15H,2-3,6-8H2,1H3/t9-,12-/m1/s1. The Morgan fingerprint density at radius 3 is 3.00 bits per heavy atom. The molecule has 2 atom stereocenters. The zero-order valence-corrected chi connectivity index (χ0v) is 10.3. The molecule has 1 aliphatic carbocycles. The van der Waals surface area contributed by atoms with Gasteiger partial charge in [0.05, 0.1) is 0 Å². The second-order valence-corrected chi connectivity index (χ2v) is 5.77. The number of nitrogens with zero attached hydrogens (tertiary/aromatic N) is 2. The maximum Gasteiger partial charge on any atom is 0.132 e. The average molecular weight is 229 g/mol. The third-order valence-corrected chi connectivity index (χ3v) is 4.36. The molecule has 3 heterocycles. The number of nitrogens with one attached hydrogen (secondary N) is 1. The largest absolute Gasteiger partial charge is 0.348 e. The SMILES string of the molecule is C[C@@H]1CNC[C@H]2Cc3ccc(C4CC4)nc3N21. The Bertz CT molecular complexity index is 453. The summed E-state index contributed by atoms with van der Waals surface area (Å²) in [6, 6.07) is 5.79. The van der Waals surface area contributed by atoms with Crippen molar-refractivity contribution in [3.05, 3.63) is 23.4 Å². The Labute approximate surface area is 102 Å². The number of fused-ring (bicyclic) bond motifs is 3. The van der Waals surface area contributed by atoms with E-state index in [4.69, 9.17) is 4.98 Å². The molecule has 3 heteroatoms. The second-order valence-electron chi connectivity index (χ2n) is 5.77. The molecule has 3 aliphatic rings. The van der Waals surface area contributed by atoms with Crippen LogP contribution in [-0.2, 0) is 6.42 Å². The van der Waals surface area contributed by atoms with Crippen LogP contribution in [0.5, 0.6) is 0 Å². The van der Waals surface area contributed by atoms with Gasteiger partial charge in [0.2, 0.25) is 0 Å². The highest BCUT2D eigenvalue weighted by molar-refractivity contribution is 5.56. The Balaban J connectivity index is 1.75. The third kappa shape index (κ3) is 1.48. The van der Waals surface area contributed by atoms with E-state index in [1.54, 1.807) is 0 Å². The topological polar surface area (TPSA) is 28.2 Å². The summed E-state index contributed by atoms with van der Waals surface area (Å²) in [5.41, 5.74) is 2.78. The van der Waals surface area contributed by atoms with Gasteiger partial charge in [0.1, 0.15) is 5.82 Å². The van der Waals surface area contributed by atoms with Crippen molar-refractivity contribution in [1.82, 2.24) is 10.3 Å². The second kappa shape index (κ2) is 3.45. The van der Waals surface area contributed by atoms with E-state index in [1.165, 1.54) is 36.3 Å². The summed E-state index contributed by atoms with van der Waals surface area (Å²) >= 11 is 0. The van der Waals surface area contributed by atoms with E-state index >= 15 is 0 Å². The van der Waals surface area contributed by atoms with Crippen LogP contribution in [0.3, 0.4) is 0 Å². The van der Waals surface area contributed by atoms with Crippen molar-refractivity contribution in [3.8, 4) is 0 Å². The molecule has 1 N–H and O–H groups in total. The summed E-state index contributed by atoms with van der Waals surface area (Å²) in [4.78, 5) is 7.50. The van der Waals surface area contributed by atoms with Crippen molar-refractivity contribution in [2.75, 3.05) is 18.0 Å². The molecule has 0 unspecified atom stereocenters. The number of pyridine rings is 1. The lowest BCUT2D eigenvalue weighted by Gasteiger charge is -2.37. The van der Waals surface area contributed by atoms with Gasteiger partial charge in [0.25, 0.3) is 0 Å². The number of hydrogen-bond acceptors (Lipinski definition) is 3. The van der Waals surface area contributed by atoms with Crippen LogP contribution in [0.4, 0.5) is 5.82 Å². The van der Waals surface area contributed by atoms with Gasteiger partial charge in [0.15, 0.2) is 0 Å². The minimum absolute atomic E-state index is 0.581. The number of anilines is 1. The predicted molar refractivity (Wildman–Crippen MR) is 68.5 cm³/mol. The first-order valence-electron chi connectivity index (χ1n) is 6.82. The maximum atomic E-state index is 4.95. The number of piperazine rings is 1. The van der Waals surface area contributed by atoms with Gasteiger partial charge >= 0.3 is 0 Å². The Kier molecular flexibility index (Phi) is 2.01. The minimum Gasteiger partial charge on any atom is -0.348 e. The Morgan fingerprint density at radius 2 is 2.18 bits per heavy atom. The molecule has 1 saturated heterocycles. The highest BCUT2D eigenvalue weighted by Crippen LogP contribution is 2.42. The van der Waals surface area contributed by atoms with Gasteiger partial charge in [-0.15, -0.1) is 0 Å². The highest BCUT2D eigenvalue weighted by Gasteiger charge is 2.37. The van der Waals surface area contributed by atoms with Crippen molar-refractivity contribution >= 4 is 5.82 Å². The molecule has 2 fully saturated rings. The summed E-state index contributed by atoms with van der Waals surface area (Å²) in [5.74, 6) is 2.05. The third-order valence-electron chi connectivity index (χ3n) is 4.36. The van der Waals surface area contributed by atoms with Gasteiger partial charge in [0, 0.05) is 36.8 Å². The van der Waals surface area contributed by atoms with Crippen LogP contribution in [-0.4, -0.2) is 30.2 Å². The van der Waals surface area contributed by atoms with E-state index in [2.05, 4.69) is 29.3 Å². The molecule has 1 aromatic heterocycles. The molecule has 17 heavy (non-hydrogen) atoms. The Morgan fingerprint density at radius 1 is 1.29 bits per heavy atom. The molecule has 0 radical (unpaired) electrons. The van der Waals surface area contributed by atoms with Gasteiger partial charge in [-0.3, -0.25) is 0 Å². The lowest BCUT2D eigenvalue weighted by molar-refractivity contribution is 0.427. The number of aromatic nitrogens is 1. The summed E-state index contributed by atoms with van der Waals surface area (Å²) in [7, 11) is 0. The molecule has 90 valence electrons. The monoisotopic (exact) mass is 229 g/mol. The van der Waals surface area contributed by atoms with Crippen molar-refractivity contribution in [3.63, 3.8) is 0 Å². The molecule has 0 spiro atoms. The van der Waals surface area contributed by atoms with Gasteiger partial charge in [-0.05, 0) is 37.8 Å². The van der Waals surface area contributed by atoms with Crippen LogP contribution >= 0.6 is 0 Å². The first kappa shape index (κ1) is 9.89. The predicted octanol–water partition coefficient (Wildman–Crippen LogP) is 1.68. The lowest BCUT2D eigenvalue weighted by atomic mass is 10.1. The quantitative estimate of drug-likeness (QED) is 0.794. The average Bonchev–Trinajstić information content (AvgIpc) is 3.10. The van der Waals surface area contributed by atoms with E-state index in [9.17, 15) is 0 Å². The Hall–Kier alpha value is -1.09. The molecular formula is C14H19N3. The van der Waals surface area contributed by atoms with E-state index < -0.39 is 0 Å². The van der Waals surface area contributed by atoms with Crippen LogP contribution in [0.1, 0.15) is 36.9 Å². The molecular weight excluding hydrogens is 210 g/mol. The molecule has 0 amide bonds. The van der Waals surface area contributed by atoms with Crippen molar-refractivity contribution in [2.24, 2.45) is 0 Å². The molecule has 1 saturated carbocycles. The van der Waals surface area contributed by atoms with Gasteiger partial charge in [-0.25, -0.2) is 4.98 Å². The van der Waals surface area contributed by atoms with Crippen LogP contribution in [0.25, 0.3) is 0 Å². The normalized spacial score (nSPS) is 31.2. The summed E-state index contributed by atoms with van der Waals surface area (Å²) in [6.45, 7) is 4.50. The van der Waals surface area contributed by atoms with Crippen LogP contribution in [0.15, 0.2) is 12.1 Å². The fraction of sp³-hybridized carbons (Fsp3) is 0.643. The van der Waals surface area contributed by atoms with E-state index in [-0.39, 0.29) is 0 Å². The van der Waals surface area contributed by atoms with E-state index in [0.717, 1.165) is 19.0 Å². The zero-order valence-electron chi connectivity index (χ0n) is 10.3. The molecule has 0 aromatic carbocycles. The highest BCUT2D eigenvalue weighted by atomic mass is 15.3. The number of rotatable bonds is 1. The van der Waals surface area contributed by atoms with E-state index in [0.29, 0.717) is 12.1 Å². The van der Waals surface area contributed by atoms with Gasteiger partial charge in [-0.1, -0.05) is 6.07 Å². The molecule has 2 aliphatic heterocycles. The summed E-state index contributed by atoms with van der Waals surface area (Å²) in [5, 5.41) is 3.52. The number of hydrogen-bond donors (Lipinski definition) is 1. The molecule has 1 aromatic rings. The summed E-state index contributed by atoms with van der Waals surface area (Å²) in [6.07, 6.45) is 3.85. The smallest absolute Gasteiger partial charge is 0.132 e. The molecule has 3 nitrogen and oxygen atoms in total. The van der Waals surface area contributed by atoms with Gasteiger partial charge in [-0.2, -0.15) is 0 Å². The molecule has 0 bridgehead atoms. The fourth-order valence-corrected chi connectivity index (χ4v) is 3.30. The first-order chi connectivity index (χ1) is 8.33. The zero-order chi connectivity index (χ0) is 11.4. The van der Waals surface area contributed by atoms with Crippen molar-refractivity contribution < 1.29 is 0 Å². The fourth-order valence-electron chi connectivity index (χ4n) is 3.30. The van der Waals surface area contributed by atoms with E-state index in [1.807, 2.05) is 0 Å². The van der Waals surface area contributed by atoms with Crippen molar-refractivity contribution in [1.29, 1.82) is 0 Å². The molecule has 4 rings (SSSR count). The van der Waals surface area contributed by atoms with Crippen LogP contribution in [0, 0.1) is 0 Å². The summed E-state index contributed by atoms with van der Waals surface area (Å²) < 4.78 is 0. The first-order valence-corrected chi connectivity index (χ1v) is 6.82.